The van der Waals surface area contributed by atoms with E-state index in [0.717, 1.165) is 12.4 Å². The van der Waals surface area contributed by atoms with Gasteiger partial charge < -0.3 is 4.74 Å². The minimum atomic E-state index is 0.351. The number of hydrogen-bond donors (Lipinski definition) is 0. The lowest BCUT2D eigenvalue weighted by Crippen LogP contribution is -2.20. The van der Waals surface area contributed by atoms with Gasteiger partial charge in [0.2, 0.25) is 0 Å². The molecule has 0 radical (unpaired) electrons. The van der Waals surface area contributed by atoms with Gasteiger partial charge in [-0.1, -0.05) is 61.3 Å². The number of rotatable bonds is 4. The maximum atomic E-state index is 5.72. The van der Waals surface area contributed by atoms with E-state index in [2.05, 4.69) is 61.0 Å². The molecule has 100 valence electrons. The van der Waals surface area contributed by atoms with Gasteiger partial charge in [-0.2, -0.15) is 0 Å². The molecular weight excluding hydrogens is 288 g/mol. The van der Waals surface area contributed by atoms with Crippen LogP contribution in [0.1, 0.15) is 51.5 Å². The van der Waals surface area contributed by atoms with Crippen LogP contribution in [0.3, 0.4) is 0 Å². The summed E-state index contributed by atoms with van der Waals surface area (Å²) >= 11 is 3.81. The number of ether oxygens (including phenoxy) is 1. The third kappa shape index (κ3) is 3.28. The largest absolute Gasteiger partial charge is 0.493 e. The molecule has 0 aromatic heterocycles. The highest BCUT2D eigenvalue weighted by molar-refractivity contribution is 9.09. The molecule has 2 heteroatoms. The second kappa shape index (κ2) is 5.64. The lowest BCUT2D eigenvalue weighted by molar-refractivity contribution is 0.317. The number of hydrogen-bond acceptors (Lipinski definition) is 1. The molecule has 1 aromatic carbocycles. The second-order valence-corrected chi connectivity index (χ2v) is 7.42. The Kier molecular flexibility index (Phi) is 4.37. The highest BCUT2D eigenvalue weighted by atomic mass is 79.9. The third-order valence-corrected chi connectivity index (χ3v) is 5.58. The fraction of sp³-hybridized carbons (Fsp3) is 0.625. The molecule has 0 fully saturated rings. The van der Waals surface area contributed by atoms with Crippen molar-refractivity contribution in [2.24, 2.45) is 5.41 Å². The zero-order chi connectivity index (χ0) is 13.2. The van der Waals surface area contributed by atoms with Crippen LogP contribution in [0.15, 0.2) is 24.3 Å². The van der Waals surface area contributed by atoms with Gasteiger partial charge in [0.05, 0.1) is 6.61 Å². The average Bonchev–Trinajstić information content (AvgIpc) is 2.71. The van der Waals surface area contributed by atoms with Gasteiger partial charge in [0.1, 0.15) is 5.75 Å². The molecule has 1 nitrogen and oxygen atoms in total. The van der Waals surface area contributed by atoms with Crippen molar-refractivity contribution in [2.75, 3.05) is 6.61 Å². The number of alkyl halides is 1. The van der Waals surface area contributed by atoms with Crippen molar-refractivity contribution in [2.45, 2.75) is 50.8 Å². The van der Waals surface area contributed by atoms with Crippen molar-refractivity contribution < 1.29 is 4.74 Å². The van der Waals surface area contributed by atoms with Crippen LogP contribution in [0.5, 0.6) is 5.75 Å². The van der Waals surface area contributed by atoms with E-state index in [4.69, 9.17) is 4.74 Å². The molecule has 0 saturated carbocycles. The van der Waals surface area contributed by atoms with Crippen molar-refractivity contribution in [1.29, 1.82) is 0 Å². The lowest BCUT2D eigenvalue weighted by atomic mass is 9.87. The summed E-state index contributed by atoms with van der Waals surface area (Å²) < 4.78 is 5.72. The van der Waals surface area contributed by atoms with Gasteiger partial charge in [0.25, 0.3) is 0 Å². The quantitative estimate of drug-likeness (QED) is 0.699. The van der Waals surface area contributed by atoms with E-state index in [-0.39, 0.29) is 0 Å². The summed E-state index contributed by atoms with van der Waals surface area (Å²) in [7, 11) is 0. The number of benzene rings is 1. The van der Waals surface area contributed by atoms with Crippen molar-refractivity contribution in [3.8, 4) is 5.75 Å². The smallest absolute Gasteiger partial charge is 0.122 e. The van der Waals surface area contributed by atoms with Crippen molar-refractivity contribution in [1.82, 2.24) is 0 Å². The Morgan fingerprint density at radius 2 is 2.06 bits per heavy atom. The topological polar surface area (TPSA) is 9.23 Å². The molecule has 2 rings (SSSR count). The second-order valence-electron chi connectivity index (χ2n) is 6.31. The molecule has 1 aromatic rings. The molecule has 0 N–H and O–H groups in total. The molecule has 0 amide bonds. The molecule has 1 aliphatic heterocycles. The molecule has 18 heavy (non-hydrogen) atoms. The minimum Gasteiger partial charge on any atom is -0.493 e. The Morgan fingerprint density at radius 1 is 1.33 bits per heavy atom. The summed E-state index contributed by atoms with van der Waals surface area (Å²) in [5.41, 5.74) is 1.75. The van der Waals surface area contributed by atoms with E-state index in [1.165, 1.54) is 24.8 Å². The molecule has 0 spiro atoms. The molecular formula is C16H23BrO. The van der Waals surface area contributed by atoms with Crippen LogP contribution in [-0.4, -0.2) is 11.4 Å². The number of fused-ring (bicyclic) bond motifs is 1. The zero-order valence-electron chi connectivity index (χ0n) is 11.6. The summed E-state index contributed by atoms with van der Waals surface area (Å²) in [6.07, 6.45) is 3.73. The Hall–Kier alpha value is -0.500. The minimum absolute atomic E-state index is 0.351. The van der Waals surface area contributed by atoms with Crippen LogP contribution in [0.2, 0.25) is 0 Å². The Labute approximate surface area is 119 Å². The van der Waals surface area contributed by atoms with Crippen LogP contribution >= 0.6 is 15.9 Å². The summed E-state index contributed by atoms with van der Waals surface area (Å²) in [5.74, 6) is 1.69. The first-order valence-electron chi connectivity index (χ1n) is 6.84. The molecule has 1 aliphatic rings. The van der Waals surface area contributed by atoms with Crippen molar-refractivity contribution in [3.05, 3.63) is 29.8 Å². The first kappa shape index (κ1) is 13.9. The molecule has 2 atom stereocenters. The van der Waals surface area contributed by atoms with Gasteiger partial charge in [-0.25, -0.2) is 0 Å². The van der Waals surface area contributed by atoms with E-state index in [1.54, 1.807) is 0 Å². The van der Waals surface area contributed by atoms with Crippen molar-refractivity contribution >= 4 is 15.9 Å². The fourth-order valence-electron chi connectivity index (χ4n) is 2.44. The van der Waals surface area contributed by atoms with Gasteiger partial charge in [-0.05, 0) is 24.3 Å². The van der Waals surface area contributed by atoms with Gasteiger partial charge in [0.15, 0.2) is 0 Å². The van der Waals surface area contributed by atoms with E-state index >= 15 is 0 Å². The van der Waals surface area contributed by atoms with Crippen LogP contribution in [0.25, 0.3) is 0 Å². The lowest BCUT2D eigenvalue weighted by Gasteiger charge is -2.25. The SMILES string of the molecule is CC(C)(C)C(Br)CCCC1COc2ccccc21. The highest BCUT2D eigenvalue weighted by Crippen LogP contribution is 2.37. The summed E-state index contributed by atoms with van der Waals surface area (Å²) in [4.78, 5) is 0.600. The maximum Gasteiger partial charge on any atom is 0.122 e. The maximum absolute atomic E-state index is 5.72. The van der Waals surface area contributed by atoms with E-state index in [9.17, 15) is 0 Å². The predicted molar refractivity (Wildman–Crippen MR) is 80.7 cm³/mol. The van der Waals surface area contributed by atoms with Crippen LogP contribution in [0.4, 0.5) is 0 Å². The normalized spacial score (nSPS) is 20.3. The van der Waals surface area contributed by atoms with Gasteiger partial charge in [-0.15, -0.1) is 0 Å². The van der Waals surface area contributed by atoms with E-state index in [0.29, 0.717) is 16.2 Å². The number of para-hydroxylation sites is 1. The van der Waals surface area contributed by atoms with Crippen molar-refractivity contribution in [3.63, 3.8) is 0 Å². The third-order valence-electron chi connectivity index (χ3n) is 3.75. The van der Waals surface area contributed by atoms with Gasteiger partial charge >= 0.3 is 0 Å². The molecule has 0 bridgehead atoms. The van der Waals surface area contributed by atoms with Crippen LogP contribution in [-0.2, 0) is 0 Å². The monoisotopic (exact) mass is 310 g/mol. The fourth-order valence-corrected chi connectivity index (χ4v) is 2.77. The Morgan fingerprint density at radius 3 is 2.78 bits per heavy atom. The van der Waals surface area contributed by atoms with E-state index in [1.807, 2.05) is 0 Å². The predicted octanol–water partition coefficient (Wildman–Crippen LogP) is 5.14. The summed E-state index contributed by atoms with van der Waals surface area (Å²) in [6, 6.07) is 8.46. The highest BCUT2D eigenvalue weighted by Gasteiger charge is 2.25. The molecule has 0 saturated heterocycles. The molecule has 0 aliphatic carbocycles. The van der Waals surface area contributed by atoms with Gasteiger partial charge in [0, 0.05) is 16.3 Å². The summed E-state index contributed by atoms with van der Waals surface area (Å²) in [6.45, 7) is 7.74. The average molecular weight is 311 g/mol. The Bertz CT molecular complexity index is 394. The van der Waals surface area contributed by atoms with Crippen LogP contribution in [0, 0.1) is 5.41 Å². The van der Waals surface area contributed by atoms with Crippen LogP contribution < -0.4 is 4.74 Å². The van der Waals surface area contributed by atoms with Gasteiger partial charge in [-0.3, -0.25) is 0 Å². The Balaban J connectivity index is 1.83. The summed E-state index contributed by atoms with van der Waals surface area (Å²) in [5, 5.41) is 0. The zero-order valence-corrected chi connectivity index (χ0v) is 13.2. The number of halogens is 1. The first-order chi connectivity index (χ1) is 8.48. The standard InChI is InChI=1S/C16H23BrO/c1-16(2,3)15(17)10-6-7-12-11-18-14-9-5-4-8-13(12)14/h4-5,8-9,12,15H,6-7,10-11H2,1-3H3. The molecule has 2 unspecified atom stereocenters. The first-order valence-corrected chi connectivity index (χ1v) is 7.76. The molecule has 1 heterocycles. The van der Waals surface area contributed by atoms with E-state index < -0.39 is 0 Å².